The molecule has 0 saturated carbocycles. The van der Waals surface area contributed by atoms with Crippen LogP contribution in [0, 0.1) is 0 Å². The lowest BCUT2D eigenvalue weighted by atomic mass is 10.0. The molecule has 5 heterocycles. The maximum Gasteiger partial charge on any atom is 0.164 e. The third-order valence-electron chi connectivity index (χ3n) is 18.8. The van der Waals surface area contributed by atoms with Crippen LogP contribution in [0.25, 0.3) is 171 Å². The highest BCUT2D eigenvalue weighted by Gasteiger charge is 2.21. The van der Waals surface area contributed by atoms with Crippen LogP contribution < -0.4 is 0 Å². The van der Waals surface area contributed by atoms with Crippen LogP contribution >= 0.6 is 38.6 Å². The maximum atomic E-state index is 5.05. The minimum atomic E-state index is 0.626. The Kier molecular flexibility index (Phi) is 17.5. The molecule has 0 unspecified atom stereocenters. The van der Waals surface area contributed by atoms with E-state index in [0.29, 0.717) is 34.9 Å². The standard InChI is InChI=1S/C46H29N5S.C27H18BrN3.C20H13NS/c1-3-12-30(13-4-1)33-16-11-17-34(28-33)45-49-43(31-14-5-2-6-15-31)48-44(50-45)32-22-25-36(26-23-32)51-40-20-9-7-18-37(40)38-27-24-35(29-41(38)51)46-47-39-19-8-10-21-42(39)52-46;28-24-16-14-21(15-17-24)26-29-25(20-10-5-2-6-11-20)30-27(31-26)23-13-7-12-22(18-23)19-8-3-1-4-9-19;1-2-6-16-13(5-1)11-15-12-14(9-10-17(15)16)20-21-18-7-3-4-8-19(18)22-20/h1-29H;1-18H;1-10,12H,11H2. The zero-order valence-corrected chi connectivity index (χ0v) is 59.6. The molecule has 0 N–H and O–H groups in total. The van der Waals surface area contributed by atoms with E-state index in [9.17, 15) is 0 Å². The summed E-state index contributed by atoms with van der Waals surface area (Å²) in [5, 5.41) is 4.55. The molecule has 0 aliphatic heterocycles. The number of fused-ring (bicyclic) bond motifs is 8. The van der Waals surface area contributed by atoms with Crippen molar-refractivity contribution in [3.63, 3.8) is 0 Å². The van der Waals surface area contributed by atoms with Crippen LogP contribution in [0.5, 0.6) is 0 Å². The lowest BCUT2D eigenvalue weighted by molar-refractivity contribution is 1.07. The molecule has 0 amide bonds. The van der Waals surface area contributed by atoms with Gasteiger partial charge in [-0.1, -0.05) is 277 Å². The first kappa shape index (κ1) is 64.3. The molecule has 20 rings (SSSR count). The summed E-state index contributed by atoms with van der Waals surface area (Å²) in [5.74, 6) is 3.87. The van der Waals surface area contributed by atoms with Gasteiger partial charge in [0.05, 0.1) is 31.5 Å². The summed E-state index contributed by atoms with van der Waals surface area (Å²) in [5.41, 5.74) is 23.6. The number of hydrogen-bond donors (Lipinski definition) is 0. The average molecular weight is 1450 g/mol. The van der Waals surface area contributed by atoms with Crippen molar-refractivity contribution in [2.24, 2.45) is 0 Å². The zero-order chi connectivity index (χ0) is 70.0. The predicted molar refractivity (Wildman–Crippen MR) is 437 cm³/mol. The molecule has 1 aliphatic carbocycles. The van der Waals surface area contributed by atoms with Crippen molar-refractivity contribution in [3.8, 4) is 129 Å². The molecular formula is C93H60BrN9S2. The van der Waals surface area contributed by atoms with E-state index < -0.39 is 0 Å². The van der Waals surface area contributed by atoms with Crippen molar-refractivity contribution in [2.45, 2.75) is 6.42 Å². The summed E-state index contributed by atoms with van der Waals surface area (Å²) in [4.78, 5) is 39.2. The van der Waals surface area contributed by atoms with Gasteiger partial charge >= 0.3 is 0 Å². The molecule has 14 aromatic carbocycles. The van der Waals surface area contributed by atoms with E-state index in [2.05, 4.69) is 239 Å². The van der Waals surface area contributed by atoms with E-state index in [-0.39, 0.29) is 0 Å². The van der Waals surface area contributed by atoms with Gasteiger partial charge in [-0.2, -0.15) is 0 Å². The second-order valence-corrected chi connectivity index (χ2v) is 28.5. The molecule has 0 radical (unpaired) electrons. The predicted octanol–water partition coefficient (Wildman–Crippen LogP) is 24.8. The summed E-state index contributed by atoms with van der Waals surface area (Å²) in [6.45, 7) is 0. The van der Waals surface area contributed by atoms with Gasteiger partial charge in [0.1, 0.15) is 10.0 Å². The van der Waals surface area contributed by atoms with Crippen molar-refractivity contribution in [2.75, 3.05) is 0 Å². The summed E-state index contributed by atoms with van der Waals surface area (Å²) in [7, 11) is 0. The molecule has 19 aromatic rings. The molecule has 5 aromatic heterocycles. The molecule has 0 fully saturated rings. The first-order valence-corrected chi connectivity index (χ1v) is 37.1. The van der Waals surface area contributed by atoms with Gasteiger partial charge in [-0.3, -0.25) is 0 Å². The number of nitrogens with zero attached hydrogens (tertiary/aromatic N) is 9. The highest BCUT2D eigenvalue weighted by Crippen LogP contribution is 2.42. The Hall–Kier alpha value is -12.8. The van der Waals surface area contributed by atoms with Crippen LogP contribution in [0.3, 0.4) is 0 Å². The van der Waals surface area contributed by atoms with E-state index in [1.807, 2.05) is 133 Å². The fourth-order valence-electron chi connectivity index (χ4n) is 13.6. The quantitative estimate of drug-likeness (QED) is 0.126. The number of para-hydroxylation sites is 3. The van der Waals surface area contributed by atoms with Crippen molar-refractivity contribution >= 4 is 80.8 Å². The SMILES string of the molecule is Brc1ccc(-c2nc(-c3ccccc3)nc(-c3cccc(-c4ccccc4)c3)n2)cc1.c1ccc(-c2cccc(-c3nc(-c4ccccc4)nc(-c4ccc(-n5c6ccccc6c6ccc(-c7nc8ccccc8s7)cc65)cc4)n3)c2)cc1.c1ccc2c(c1)Cc1cc(-c3nc4ccccc4s3)ccc1-2. The zero-order valence-electron chi connectivity index (χ0n) is 56.4. The van der Waals surface area contributed by atoms with E-state index in [4.69, 9.17) is 39.9 Å². The topological polar surface area (TPSA) is 108 Å². The van der Waals surface area contributed by atoms with Gasteiger partial charge in [0.15, 0.2) is 34.9 Å². The molecule has 9 nitrogen and oxygen atoms in total. The Morgan fingerprint density at radius 3 is 1.16 bits per heavy atom. The molecule has 1 aliphatic rings. The van der Waals surface area contributed by atoms with Crippen LogP contribution in [0.15, 0.2) is 356 Å². The fraction of sp³-hybridized carbons (Fsp3) is 0.0108. The Bertz CT molecular complexity index is 6320. The number of halogens is 1. The Balaban J connectivity index is 0.000000124. The van der Waals surface area contributed by atoms with Crippen molar-refractivity contribution in [1.29, 1.82) is 0 Å². The molecule has 0 atom stereocenters. The van der Waals surface area contributed by atoms with Crippen molar-refractivity contribution in [3.05, 3.63) is 367 Å². The van der Waals surface area contributed by atoms with Crippen molar-refractivity contribution in [1.82, 2.24) is 44.4 Å². The third kappa shape index (κ3) is 13.3. The Labute approximate surface area is 623 Å². The van der Waals surface area contributed by atoms with Gasteiger partial charge in [0.25, 0.3) is 0 Å². The van der Waals surface area contributed by atoms with Gasteiger partial charge in [0, 0.05) is 65.4 Å². The Morgan fingerprint density at radius 2 is 0.629 bits per heavy atom. The maximum absolute atomic E-state index is 5.05. The molecule has 105 heavy (non-hydrogen) atoms. The van der Waals surface area contributed by atoms with E-state index >= 15 is 0 Å². The van der Waals surface area contributed by atoms with Crippen LogP contribution in [0.4, 0.5) is 0 Å². The number of aromatic nitrogens is 9. The van der Waals surface area contributed by atoms with Crippen LogP contribution in [-0.2, 0) is 6.42 Å². The molecule has 496 valence electrons. The van der Waals surface area contributed by atoms with Gasteiger partial charge in [-0.25, -0.2) is 39.9 Å². The molecular weight excluding hydrogens is 1390 g/mol. The van der Waals surface area contributed by atoms with Gasteiger partial charge < -0.3 is 4.57 Å². The summed E-state index contributed by atoms with van der Waals surface area (Å²) in [6, 6.07) is 122. The van der Waals surface area contributed by atoms with Crippen LogP contribution in [0.2, 0.25) is 0 Å². The monoisotopic (exact) mass is 1450 g/mol. The molecule has 0 bridgehead atoms. The molecule has 0 saturated heterocycles. The Morgan fingerprint density at radius 1 is 0.248 bits per heavy atom. The summed E-state index contributed by atoms with van der Waals surface area (Å²) in [6.07, 6.45) is 1.03. The lowest BCUT2D eigenvalue weighted by Gasteiger charge is -2.11. The largest absolute Gasteiger partial charge is 0.309 e. The third-order valence-corrected chi connectivity index (χ3v) is 21.5. The van der Waals surface area contributed by atoms with E-state index in [1.165, 1.54) is 48.0 Å². The number of rotatable bonds is 11. The first-order chi connectivity index (χ1) is 51.9. The second kappa shape index (κ2) is 28.5. The van der Waals surface area contributed by atoms with Gasteiger partial charge in [-0.15, -0.1) is 22.7 Å². The van der Waals surface area contributed by atoms with Crippen LogP contribution in [0.1, 0.15) is 11.1 Å². The number of hydrogen-bond acceptors (Lipinski definition) is 10. The summed E-state index contributed by atoms with van der Waals surface area (Å²) >= 11 is 6.99. The summed E-state index contributed by atoms with van der Waals surface area (Å²) < 4.78 is 5.80. The van der Waals surface area contributed by atoms with E-state index in [1.54, 1.807) is 22.7 Å². The fourth-order valence-corrected chi connectivity index (χ4v) is 15.8. The first-order valence-electron chi connectivity index (χ1n) is 34.7. The van der Waals surface area contributed by atoms with Crippen LogP contribution in [-0.4, -0.2) is 44.4 Å². The normalized spacial score (nSPS) is 11.4. The van der Waals surface area contributed by atoms with Gasteiger partial charge in [0.2, 0.25) is 0 Å². The number of benzene rings is 14. The average Bonchev–Trinajstić information content (AvgIpc) is 1.58. The minimum Gasteiger partial charge on any atom is -0.309 e. The highest BCUT2D eigenvalue weighted by atomic mass is 79.9. The lowest BCUT2D eigenvalue weighted by Crippen LogP contribution is -2.00. The van der Waals surface area contributed by atoms with Gasteiger partial charge in [-0.05, 0) is 142 Å². The number of thiazole rings is 2. The minimum absolute atomic E-state index is 0.626. The van der Waals surface area contributed by atoms with E-state index in [0.717, 1.165) is 110 Å². The highest BCUT2D eigenvalue weighted by molar-refractivity contribution is 9.10. The second-order valence-electron chi connectivity index (χ2n) is 25.6. The molecule has 0 spiro atoms. The molecule has 12 heteroatoms. The smallest absolute Gasteiger partial charge is 0.164 e. The van der Waals surface area contributed by atoms with Crippen molar-refractivity contribution < 1.29 is 0 Å².